The van der Waals surface area contributed by atoms with Crippen molar-refractivity contribution in [3.05, 3.63) is 59.2 Å². The van der Waals surface area contributed by atoms with Gasteiger partial charge in [-0.25, -0.2) is 4.79 Å². The van der Waals surface area contributed by atoms with Crippen molar-refractivity contribution in [2.45, 2.75) is 109 Å². The van der Waals surface area contributed by atoms with Crippen molar-refractivity contribution in [2.24, 2.45) is 17.6 Å². The van der Waals surface area contributed by atoms with Crippen molar-refractivity contribution in [3.63, 3.8) is 0 Å². The van der Waals surface area contributed by atoms with E-state index in [0.29, 0.717) is 30.7 Å². The second-order valence-electron chi connectivity index (χ2n) is 11.1. The summed E-state index contributed by atoms with van der Waals surface area (Å²) in [7, 11) is 0. The highest BCUT2D eigenvalue weighted by Crippen LogP contribution is 2.27. The smallest absolute Gasteiger partial charge is 0.405 e. The molecule has 0 bridgehead atoms. The Morgan fingerprint density at radius 2 is 1.80 bits per heavy atom. The Hall–Kier alpha value is -3.21. The van der Waals surface area contributed by atoms with Gasteiger partial charge < -0.3 is 30.5 Å². The minimum Gasteiger partial charge on any atom is -0.481 e. The molecule has 0 spiro atoms. The first-order valence-corrected chi connectivity index (χ1v) is 15.5. The molecule has 0 heterocycles. The molecule has 1 fully saturated rings. The summed E-state index contributed by atoms with van der Waals surface area (Å²) in [6, 6.07) is 0. The van der Waals surface area contributed by atoms with Crippen LogP contribution < -0.4 is 5.73 Å². The van der Waals surface area contributed by atoms with Crippen LogP contribution in [0.3, 0.4) is 0 Å². The number of allylic oxidation sites excluding steroid dienone is 9. The molecule has 1 amide bonds. The van der Waals surface area contributed by atoms with Crippen LogP contribution in [0.1, 0.15) is 85.0 Å². The Bertz CT molecular complexity index is 1090. The van der Waals surface area contributed by atoms with Gasteiger partial charge in [0.05, 0.1) is 18.1 Å². The van der Waals surface area contributed by atoms with Crippen LogP contribution in [-0.4, -0.2) is 63.6 Å². The van der Waals surface area contributed by atoms with Gasteiger partial charge in [-0.2, -0.15) is 0 Å². The van der Waals surface area contributed by atoms with E-state index in [1.807, 2.05) is 45.1 Å². The number of hydrogen-bond acceptors (Lipinski definition) is 8. The molecule has 1 saturated carbocycles. The van der Waals surface area contributed by atoms with E-state index in [1.54, 1.807) is 24.3 Å². The van der Waals surface area contributed by atoms with Gasteiger partial charge in [0.1, 0.15) is 18.0 Å². The molecule has 246 valence electrons. The fourth-order valence-corrected chi connectivity index (χ4v) is 4.75. The minimum atomic E-state index is -0.959. The summed E-state index contributed by atoms with van der Waals surface area (Å²) in [5.41, 5.74) is 6.02. The Morgan fingerprint density at radius 1 is 1.09 bits per heavy atom. The van der Waals surface area contributed by atoms with E-state index < -0.39 is 48.4 Å². The maximum atomic E-state index is 12.4. The first-order chi connectivity index (χ1) is 20.8. The van der Waals surface area contributed by atoms with Gasteiger partial charge in [-0.3, -0.25) is 14.4 Å². The number of halogens is 1. The first kappa shape index (κ1) is 38.8. The Kier molecular flexibility index (Phi) is 19.0. The molecule has 5 N–H and O–H groups in total. The van der Waals surface area contributed by atoms with E-state index >= 15 is 0 Å². The number of primary amides is 1. The molecule has 0 unspecified atom stereocenters. The van der Waals surface area contributed by atoms with E-state index in [-0.39, 0.29) is 43.8 Å². The first-order valence-electron chi connectivity index (χ1n) is 15.1. The number of carbonyl (C=O) groups is 4. The average molecular weight is 638 g/mol. The molecular formula is C33H48ClNO9. The molecule has 0 aromatic rings. The normalized spacial score (nSPS) is 21.8. The second-order valence-corrected chi connectivity index (χ2v) is 11.6. The number of carboxylic acids is 1. The van der Waals surface area contributed by atoms with E-state index in [0.717, 1.165) is 12.0 Å². The summed E-state index contributed by atoms with van der Waals surface area (Å²) in [6.07, 6.45) is 13.1. The predicted octanol–water partition coefficient (Wildman–Crippen LogP) is 5.66. The monoisotopic (exact) mass is 637 g/mol. The van der Waals surface area contributed by atoms with Gasteiger partial charge in [-0.05, 0) is 57.1 Å². The molecule has 0 aromatic carbocycles. The predicted molar refractivity (Wildman–Crippen MR) is 169 cm³/mol. The third-order valence-corrected chi connectivity index (χ3v) is 7.66. The van der Waals surface area contributed by atoms with Gasteiger partial charge in [-0.15, -0.1) is 0 Å². The van der Waals surface area contributed by atoms with Crippen LogP contribution in [0.25, 0.3) is 0 Å². The lowest BCUT2D eigenvalue weighted by atomic mass is 9.85. The average Bonchev–Trinajstić information content (AvgIpc) is 2.95. The number of hydrogen-bond donors (Lipinski definition) is 4. The molecule has 10 nitrogen and oxygen atoms in total. The number of aliphatic hydroxyl groups is 2. The SMILES string of the molecule is CC/C=C/[C@H](C[C@H](O)CC(=O)CC[C@H](C)/C(Cl)=C/C=C/C=C(C)/C=C/CCC(=O)O[C@@H]1C[C@@H](C(=O)O)CC[C@@H]1O)OC(N)=O. The number of rotatable bonds is 19. The maximum Gasteiger partial charge on any atom is 0.405 e. The quantitative estimate of drug-likeness (QED) is 0.0791. The number of aliphatic hydroxyl groups excluding tert-OH is 2. The molecule has 6 atom stereocenters. The van der Waals surface area contributed by atoms with Crippen LogP contribution in [-0.2, 0) is 23.9 Å². The molecule has 11 heteroatoms. The van der Waals surface area contributed by atoms with Gasteiger partial charge in [0, 0.05) is 37.1 Å². The molecular weight excluding hydrogens is 590 g/mol. The zero-order valence-corrected chi connectivity index (χ0v) is 26.7. The molecule has 0 aromatic heterocycles. The van der Waals surface area contributed by atoms with Crippen LogP contribution in [0.5, 0.6) is 0 Å². The van der Waals surface area contributed by atoms with Crippen LogP contribution in [0.15, 0.2) is 59.2 Å². The summed E-state index contributed by atoms with van der Waals surface area (Å²) in [6.45, 7) is 5.74. The molecule has 0 saturated heterocycles. The molecule has 1 rings (SSSR count). The van der Waals surface area contributed by atoms with Crippen molar-refractivity contribution in [2.75, 3.05) is 0 Å². The van der Waals surface area contributed by atoms with Crippen molar-refractivity contribution >= 4 is 35.4 Å². The summed E-state index contributed by atoms with van der Waals surface area (Å²) in [5.74, 6) is -2.19. The fourth-order valence-electron chi connectivity index (χ4n) is 4.57. The topological polar surface area (TPSA) is 173 Å². The van der Waals surface area contributed by atoms with Gasteiger partial charge >= 0.3 is 18.0 Å². The van der Waals surface area contributed by atoms with Gasteiger partial charge in [0.2, 0.25) is 0 Å². The van der Waals surface area contributed by atoms with Crippen LogP contribution >= 0.6 is 11.6 Å². The number of ether oxygens (including phenoxy) is 2. The van der Waals surface area contributed by atoms with Gasteiger partial charge in [0.25, 0.3) is 0 Å². The van der Waals surface area contributed by atoms with E-state index in [1.165, 1.54) is 0 Å². The third kappa shape index (κ3) is 17.2. The number of aliphatic carboxylic acids is 1. The number of Topliss-reactive ketones (excluding diaryl/α,β-unsaturated/α-hetero) is 1. The third-order valence-electron chi connectivity index (χ3n) is 7.16. The van der Waals surface area contributed by atoms with Crippen LogP contribution in [0, 0.1) is 11.8 Å². The van der Waals surface area contributed by atoms with E-state index in [9.17, 15) is 29.4 Å². The molecule has 1 aliphatic carbocycles. The lowest BCUT2D eigenvalue weighted by Crippen LogP contribution is -2.39. The zero-order chi connectivity index (χ0) is 33.1. The highest BCUT2D eigenvalue weighted by molar-refractivity contribution is 6.29. The zero-order valence-electron chi connectivity index (χ0n) is 25.9. The summed E-state index contributed by atoms with van der Waals surface area (Å²) < 4.78 is 10.3. The molecule has 0 radical (unpaired) electrons. The minimum absolute atomic E-state index is 0.0534. The Balaban J connectivity index is 2.41. The highest BCUT2D eigenvalue weighted by Gasteiger charge is 2.35. The molecule has 0 aliphatic heterocycles. The van der Waals surface area contributed by atoms with Crippen LogP contribution in [0.2, 0.25) is 0 Å². The Labute approximate surface area is 265 Å². The summed E-state index contributed by atoms with van der Waals surface area (Å²) in [5, 5.41) is 30.0. The van der Waals surface area contributed by atoms with E-state index in [4.69, 9.17) is 31.9 Å². The van der Waals surface area contributed by atoms with Crippen molar-refractivity contribution in [1.82, 2.24) is 0 Å². The van der Waals surface area contributed by atoms with Gasteiger partial charge in [0.15, 0.2) is 0 Å². The van der Waals surface area contributed by atoms with Crippen LogP contribution in [0.4, 0.5) is 4.79 Å². The second kappa shape index (κ2) is 21.5. The molecule has 44 heavy (non-hydrogen) atoms. The summed E-state index contributed by atoms with van der Waals surface area (Å²) in [4.78, 5) is 46.7. The lowest BCUT2D eigenvalue weighted by molar-refractivity contribution is -0.163. The maximum absolute atomic E-state index is 12.4. The lowest BCUT2D eigenvalue weighted by Gasteiger charge is -2.30. The number of ketones is 1. The van der Waals surface area contributed by atoms with Crippen molar-refractivity contribution < 1.29 is 44.0 Å². The number of nitrogens with two attached hydrogens (primary N) is 1. The standard InChI is InChI=1S/C33H48ClNO9/c1-4-5-12-27(43-33(35)42)21-26(37)20-25(36)17-15-23(3)28(34)13-8-6-10-22(2)11-7-9-14-31(39)44-30-19-24(32(40)41)16-18-29(30)38/h5-8,10-13,23-24,26-27,29-30,37-38H,4,9,14-21H2,1-3H3,(H2,35,42)(H,40,41)/b8-6+,11-7+,12-5+,22-10+,28-13-/t23-,24-,26+,27+,29-,30+/m0/s1. The number of carbonyl (C=O) groups excluding carboxylic acids is 3. The van der Waals surface area contributed by atoms with Crippen molar-refractivity contribution in [1.29, 1.82) is 0 Å². The fraction of sp³-hybridized carbons (Fsp3) is 0.576. The Morgan fingerprint density at radius 3 is 2.45 bits per heavy atom. The molecule has 1 aliphatic rings. The number of carboxylic acid groups (broad SMARTS) is 1. The number of amides is 1. The summed E-state index contributed by atoms with van der Waals surface area (Å²) >= 11 is 6.39. The van der Waals surface area contributed by atoms with Crippen molar-refractivity contribution in [3.8, 4) is 0 Å². The largest absolute Gasteiger partial charge is 0.481 e. The van der Waals surface area contributed by atoms with E-state index in [2.05, 4.69) is 0 Å². The highest BCUT2D eigenvalue weighted by atomic mass is 35.5. The number of esters is 1. The van der Waals surface area contributed by atoms with Gasteiger partial charge in [-0.1, -0.05) is 67.5 Å².